The summed E-state index contributed by atoms with van der Waals surface area (Å²) in [5.74, 6) is 0.428. The van der Waals surface area contributed by atoms with Crippen molar-refractivity contribution in [2.24, 2.45) is 0 Å². The molecule has 22 heavy (non-hydrogen) atoms. The van der Waals surface area contributed by atoms with Gasteiger partial charge in [0.15, 0.2) is 0 Å². The molecule has 0 aliphatic carbocycles. The van der Waals surface area contributed by atoms with Crippen molar-refractivity contribution in [3.8, 4) is 0 Å². The van der Waals surface area contributed by atoms with Crippen molar-refractivity contribution in [1.82, 2.24) is 10.6 Å². The van der Waals surface area contributed by atoms with E-state index in [1.54, 1.807) is 12.1 Å². The number of carbonyl (C=O) groups excluding carboxylic acids is 1. The number of aliphatic hydroxyl groups is 1. The summed E-state index contributed by atoms with van der Waals surface area (Å²) < 4.78 is 12.7. The minimum absolute atomic E-state index is 0.174. The van der Waals surface area contributed by atoms with E-state index in [-0.39, 0.29) is 18.4 Å². The summed E-state index contributed by atoms with van der Waals surface area (Å²) >= 11 is 3.04. The smallest absolute Gasteiger partial charge is 0.314 e. The number of thioether (sulfide) groups is 1. The van der Waals surface area contributed by atoms with Crippen LogP contribution >= 0.6 is 23.1 Å². The summed E-state index contributed by atoms with van der Waals surface area (Å²) in [7, 11) is 0. The lowest BCUT2D eigenvalue weighted by Gasteiger charge is -2.11. The van der Waals surface area contributed by atoms with Gasteiger partial charge < -0.3 is 15.7 Å². The maximum atomic E-state index is 12.7. The van der Waals surface area contributed by atoms with Crippen LogP contribution in [0, 0.1) is 5.82 Å². The number of urea groups is 1. The zero-order chi connectivity index (χ0) is 15.8. The number of aliphatic hydroxyl groups excluding tert-OH is 1. The Balaban J connectivity index is 1.58. The minimum atomic E-state index is -0.689. The van der Waals surface area contributed by atoms with Crippen LogP contribution in [0.4, 0.5) is 9.18 Å². The van der Waals surface area contributed by atoms with Crippen molar-refractivity contribution >= 4 is 29.1 Å². The van der Waals surface area contributed by atoms with Gasteiger partial charge in [0.1, 0.15) is 5.82 Å². The number of rotatable bonds is 7. The average molecular weight is 340 g/mol. The fourth-order valence-electron chi connectivity index (χ4n) is 1.70. The molecule has 0 radical (unpaired) electrons. The Kier molecular flexibility index (Phi) is 6.70. The Morgan fingerprint density at radius 2 is 2.05 bits per heavy atom. The SMILES string of the molecule is O=C(NCCSc1ccc(F)cc1)NC[C@H](O)c1ccsc1. The minimum Gasteiger partial charge on any atom is -0.387 e. The first-order chi connectivity index (χ1) is 10.6. The third kappa shape index (κ3) is 5.67. The molecular weight excluding hydrogens is 323 g/mol. The highest BCUT2D eigenvalue weighted by atomic mass is 32.2. The molecule has 0 aliphatic heterocycles. The zero-order valence-electron chi connectivity index (χ0n) is 11.8. The Labute approximate surface area is 136 Å². The van der Waals surface area contributed by atoms with Crippen molar-refractivity contribution in [2.75, 3.05) is 18.8 Å². The van der Waals surface area contributed by atoms with Crippen molar-refractivity contribution in [3.63, 3.8) is 0 Å². The van der Waals surface area contributed by atoms with Crippen LogP contribution in [0.15, 0.2) is 46.0 Å². The molecule has 2 aromatic rings. The van der Waals surface area contributed by atoms with Crippen LogP contribution < -0.4 is 10.6 Å². The molecule has 0 bridgehead atoms. The van der Waals surface area contributed by atoms with Gasteiger partial charge in [-0.2, -0.15) is 11.3 Å². The summed E-state index contributed by atoms with van der Waals surface area (Å²) in [6, 6.07) is 7.75. The average Bonchev–Trinajstić information content (AvgIpc) is 3.05. The number of hydrogen-bond acceptors (Lipinski definition) is 4. The second-order valence-corrected chi connectivity index (χ2v) is 6.46. The zero-order valence-corrected chi connectivity index (χ0v) is 13.4. The van der Waals surface area contributed by atoms with Crippen LogP contribution in [0.25, 0.3) is 0 Å². The van der Waals surface area contributed by atoms with Crippen LogP contribution in [0.2, 0.25) is 0 Å². The van der Waals surface area contributed by atoms with Crippen LogP contribution in [0.3, 0.4) is 0 Å². The molecule has 0 fully saturated rings. The molecule has 118 valence electrons. The number of nitrogens with one attached hydrogen (secondary N) is 2. The van der Waals surface area contributed by atoms with Gasteiger partial charge in [-0.25, -0.2) is 9.18 Å². The maximum Gasteiger partial charge on any atom is 0.314 e. The Morgan fingerprint density at radius 3 is 2.73 bits per heavy atom. The Hall–Kier alpha value is -1.57. The lowest BCUT2D eigenvalue weighted by molar-refractivity contribution is 0.173. The second kappa shape index (κ2) is 8.77. The topological polar surface area (TPSA) is 61.4 Å². The fourth-order valence-corrected chi connectivity index (χ4v) is 3.17. The Morgan fingerprint density at radius 1 is 1.27 bits per heavy atom. The molecule has 0 aliphatic rings. The Bertz CT molecular complexity index is 576. The van der Waals surface area contributed by atoms with Gasteiger partial charge in [0.25, 0.3) is 0 Å². The van der Waals surface area contributed by atoms with Gasteiger partial charge in [-0.3, -0.25) is 0 Å². The quantitative estimate of drug-likeness (QED) is 0.536. The number of benzene rings is 1. The predicted octanol–water partition coefficient (Wildman–Crippen LogP) is 3.01. The van der Waals surface area contributed by atoms with Gasteiger partial charge in [-0.15, -0.1) is 11.8 Å². The van der Waals surface area contributed by atoms with Crippen molar-refractivity contribution < 1.29 is 14.3 Å². The lowest BCUT2D eigenvalue weighted by atomic mass is 10.2. The molecule has 1 aromatic carbocycles. The van der Waals surface area contributed by atoms with Crippen molar-refractivity contribution in [2.45, 2.75) is 11.0 Å². The molecule has 4 nitrogen and oxygen atoms in total. The van der Waals surface area contributed by atoms with Crippen molar-refractivity contribution in [1.29, 1.82) is 0 Å². The molecule has 0 saturated carbocycles. The van der Waals surface area contributed by atoms with E-state index in [0.29, 0.717) is 12.3 Å². The fraction of sp³-hybridized carbons (Fsp3) is 0.267. The largest absolute Gasteiger partial charge is 0.387 e. The molecule has 1 atom stereocenters. The number of hydrogen-bond donors (Lipinski definition) is 3. The van der Waals surface area contributed by atoms with Crippen LogP contribution in [-0.2, 0) is 0 Å². The highest BCUT2D eigenvalue weighted by Crippen LogP contribution is 2.17. The number of carbonyl (C=O) groups is 1. The van der Waals surface area contributed by atoms with E-state index < -0.39 is 6.10 Å². The summed E-state index contributed by atoms with van der Waals surface area (Å²) in [6.07, 6.45) is -0.689. The maximum absolute atomic E-state index is 12.7. The molecule has 1 heterocycles. The van der Waals surface area contributed by atoms with Gasteiger partial charge in [0.05, 0.1) is 6.10 Å². The molecule has 2 amide bonds. The molecule has 2 rings (SSSR count). The van der Waals surface area contributed by atoms with Gasteiger partial charge in [-0.05, 0) is 46.7 Å². The molecule has 7 heteroatoms. The molecule has 0 unspecified atom stereocenters. The lowest BCUT2D eigenvalue weighted by Crippen LogP contribution is -2.38. The second-order valence-electron chi connectivity index (χ2n) is 4.51. The van der Waals surface area contributed by atoms with Gasteiger partial charge in [-0.1, -0.05) is 0 Å². The highest BCUT2D eigenvalue weighted by molar-refractivity contribution is 7.99. The number of amides is 2. The number of thiophene rings is 1. The van der Waals surface area contributed by atoms with E-state index in [4.69, 9.17) is 0 Å². The van der Waals surface area contributed by atoms with Gasteiger partial charge in [0, 0.05) is 23.7 Å². The van der Waals surface area contributed by atoms with E-state index in [1.165, 1.54) is 35.2 Å². The highest BCUT2D eigenvalue weighted by Gasteiger charge is 2.09. The normalized spacial score (nSPS) is 11.9. The first-order valence-electron chi connectivity index (χ1n) is 6.75. The summed E-state index contributed by atoms with van der Waals surface area (Å²) in [6.45, 7) is 0.663. The van der Waals surface area contributed by atoms with Gasteiger partial charge in [0.2, 0.25) is 0 Å². The standard InChI is InChI=1S/C15H17FN2O2S2/c16-12-1-3-13(4-2-12)22-8-6-17-15(20)18-9-14(19)11-5-7-21-10-11/h1-5,7,10,14,19H,6,8-9H2,(H2,17,18,20)/t14-/m0/s1. The first kappa shape index (κ1) is 16.8. The molecule has 0 saturated heterocycles. The van der Waals surface area contributed by atoms with E-state index >= 15 is 0 Å². The molecule has 0 spiro atoms. The van der Waals surface area contributed by atoms with Gasteiger partial charge >= 0.3 is 6.03 Å². The van der Waals surface area contributed by atoms with E-state index in [9.17, 15) is 14.3 Å². The monoisotopic (exact) mass is 340 g/mol. The van der Waals surface area contributed by atoms with Crippen LogP contribution in [0.1, 0.15) is 11.7 Å². The summed E-state index contributed by atoms with van der Waals surface area (Å²) in [5.41, 5.74) is 0.803. The van der Waals surface area contributed by atoms with E-state index in [0.717, 1.165) is 10.5 Å². The molecule has 1 aromatic heterocycles. The summed E-state index contributed by atoms with van der Waals surface area (Å²) in [5, 5.41) is 18.9. The van der Waals surface area contributed by atoms with Crippen LogP contribution in [0.5, 0.6) is 0 Å². The summed E-state index contributed by atoms with van der Waals surface area (Å²) in [4.78, 5) is 12.5. The molecule has 3 N–H and O–H groups in total. The van der Waals surface area contributed by atoms with E-state index in [1.807, 2.05) is 16.8 Å². The van der Waals surface area contributed by atoms with Crippen molar-refractivity contribution in [3.05, 3.63) is 52.5 Å². The third-order valence-corrected chi connectivity index (χ3v) is 4.57. The third-order valence-electron chi connectivity index (χ3n) is 2.85. The first-order valence-corrected chi connectivity index (χ1v) is 8.68. The molecular formula is C15H17FN2O2S2. The van der Waals surface area contributed by atoms with E-state index in [2.05, 4.69) is 10.6 Å². The number of halogens is 1. The van der Waals surface area contributed by atoms with Crippen LogP contribution in [-0.4, -0.2) is 30.0 Å². The predicted molar refractivity (Wildman–Crippen MR) is 87.8 cm³/mol.